The van der Waals surface area contributed by atoms with Gasteiger partial charge in [-0.15, -0.1) is 0 Å². The summed E-state index contributed by atoms with van der Waals surface area (Å²) >= 11 is 0. The standard InChI is InChI=1S/C18H18F3NO2/c1-12-6-8-14(9-7-12)13(2)22-17(23)11-24-16-5-3-4-15(10-16)18(19,20)21/h3-10,13H,11H2,1-2H3,(H,22,23)/t13-/m1/s1. The van der Waals surface area contributed by atoms with Gasteiger partial charge in [-0.25, -0.2) is 0 Å². The van der Waals surface area contributed by atoms with Crippen LogP contribution in [-0.4, -0.2) is 12.5 Å². The van der Waals surface area contributed by atoms with Crippen LogP contribution in [0.1, 0.15) is 29.7 Å². The maximum atomic E-state index is 12.6. The van der Waals surface area contributed by atoms with E-state index in [9.17, 15) is 18.0 Å². The molecule has 0 aliphatic rings. The molecule has 6 heteroatoms. The molecule has 1 atom stereocenters. The molecule has 0 spiro atoms. The van der Waals surface area contributed by atoms with Gasteiger partial charge < -0.3 is 10.1 Å². The summed E-state index contributed by atoms with van der Waals surface area (Å²) < 4.78 is 43.0. The topological polar surface area (TPSA) is 38.3 Å². The molecule has 0 saturated carbocycles. The molecular formula is C18H18F3NO2. The zero-order valence-electron chi connectivity index (χ0n) is 13.4. The Kier molecular flexibility index (Phi) is 5.49. The molecule has 0 aliphatic heterocycles. The molecule has 2 rings (SSSR count). The summed E-state index contributed by atoms with van der Waals surface area (Å²) in [4.78, 5) is 11.9. The molecule has 1 N–H and O–H groups in total. The predicted octanol–water partition coefficient (Wildman–Crippen LogP) is 4.27. The van der Waals surface area contributed by atoms with E-state index in [4.69, 9.17) is 4.74 Å². The molecular weight excluding hydrogens is 319 g/mol. The minimum absolute atomic E-state index is 0.00274. The van der Waals surface area contributed by atoms with Gasteiger partial charge in [-0.05, 0) is 37.6 Å². The van der Waals surface area contributed by atoms with Gasteiger partial charge in [0.1, 0.15) is 5.75 Å². The highest BCUT2D eigenvalue weighted by Crippen LogP contribution is 2.31. The van der Waals surface area contributed by atoms with Crippen molar-refractivity contribution in [3.05, 3.63) is 65.2 Å². The van der Waals surface area contributed by atoms with Gasteiger partial charge in [0.25, 0.3) is 5.91 Å². The van der Waals surface area contributed by atoms with Crippen molar-refractivity contribution in [2.75, 3.05) is 6.61 Å². The van der Waals surface area contributed by atoms with Crippen molar-refractivity contribution in [2.45, 2.75) is 26.1 Å². The Hall–Kier alpha value is -2.50. The fraction of sp³-hybridized carbons (Fsp3) is 0.278. The lowest BCUT2D eigenvalue weighted by Crippen LogP contribution is -2.31. The van der Waals surface area contributed by atoms with Crippen LogP contribution in [0.2, 0.25) is 0 Å². The van der Waals surface area contributed by atoms with Gasteiger partial charge in [-0.1, -0.05) is 35.9 Å². The number of rotatable bonds is 5. The number of carbonyl (C=O) groups is 1. The van der Waals surface area contributed by atoms with Crippen molar-refractivity contribution in [1.29, 1.82) is 0 Å². The van der Waals surface area contributed by atoms with Crippen molar-refractivity contribution in [1.82, 2.24) is 5.32 Å². The molecule has 0 saturated heterocycles. The van der Waals surface area contributed by atoms with Crippen molar-refractivity contribution in [3.8, 4) is 5.75 Å². The summed E-state index contributed by atoms with van der Waals surface area (Å²) in [5.74, 6) is -0.400. The number of carbonyl (C=O) groups excluding carboxylic acids is 1. The second-order valence-corrected chi connectivity index (χ2v) is 5.51. The largest absolute Gasteiger partial charge is 0.484 e. The molecule has 1 amide bonds. The van der Waals surface area contributed by atoms with Gasteiger partial charge in [-0.3, -0.25) is 4.79 Å². The molecule has 0 unspecified atom stereocenters. The van der Waals surface area contributed by atoms with Crippen LogP contribution in [0, 0.1) is 6.92 Å². The van der Waals surface area contributed by atoms with Crippen LogP contribution >= 0.6 is 0 Å². The van der Waals surface area contributed by atoms with E-state index in [2.05, 4.69) is 5.32 Å². The molecule has 0 radical (unpaired) electrons. The molecule has 24 heavy (non-hydrogen) atoms. The molecule has 0 aliphatic carbocycles. The number of ether oxygens (including phenoxy) is 1. The minimum Gasteiger partial charge on any atom is -0.484 e. The van der Waals surface area contributed by atoms with Crippen LogP contribution in [0.4, 0.5) is 13.2 Å². The lowest BCUT2D eigenvalue weighted by Gasteiger charge is -2.15. The smallest absolute Gasteiger partial charge is 0.416 e. The van der Waals surface area contributed by atoms with Gasteiger partial charge in [0.2, 0.25) is 0 Å². The second kappa shape index (κ2) is 7.38. The van der Waals surface area contributed by atoms with Gasteiger partial charge in [0.05, 0.1) is 11.6 Å². The Bertz CT molecular complexity index is 696. The number of hydrogen-bond acceptors (Lipinski definition) is 2. The lowest BCUT2D eigenvalue weighted by molar-refractivity contribution is -0.137. The number of hydrogen-bond donors (Lipinski definition) is 1. The molecule has 0 aromatic heterocycles. The highest BCUT2D eigenvalue weighted by Gasteiger charge is 2.30. The quantitative estimate of drug-likeness (QED) is 0.885. The van der Waals surface area contributed by atoms with E-state index < -0.39 is 17.6 Å². The zero-order chi connectivity index (χ0) is 17.7. The first-order valence-corrected chi connectivity index (χ1v) is 7.41. The average molecular weight is 337 g/mol. The van der Waals surface area contributed by atoms with Crippen molar-refractivity contribution >= 4 is 5.91 Å². The van der Waals surface area contributed by atoms with Crippen LogP contribution in [0.25, 0.3) is 0 Å². The molecule has 0 bridgehead atoms. The molecule has 2 aromatic carbocycles. The highest BCUT2D eigenvalue weighted by atomic mass is 19.4. The minimum atomic E-state index is -4.44. The number of alkyl halides is 3. The number of amides is 1. The van der Waals surface area contributed by atoms with Crippen LogP contribution in [0.5, 0.6) is 5.75 Å². The molecule has 128 valence electrons. The highest BCUT2D eigenvalue weighted by molar-refractivity contribution is 5.78. The first kappa shape index (κ1) is 17.8. The van der Waals surface area contributed by atoms with Gasteiger partial charge in [0, 0.05) is 0 Å². The van der Waals surface area contributed by atoms with Crippen LogP contribution in [0.15, 0.2) is 48.5 Å². The van der Waals surface area contributed by atoms with E-state index in [1.165, 1.54) is 12.1 Å². The van der Waals surface area contributed by atoms with Gasteiger partial charge in [0.15, 0.2) is 6.61 Å². The summed E-state index contributed by atoms with van der Waals surface area (Å²) in [6, 6.07) is 11.9. The Morgan fingerprint density at radius 2 is 1.83 bits per heavy atom. The second-order valence-electron chi connectivity index (χ2n) is 5.51. The number of aryl methyl sites for hydroxylation is 1. The first-order valence-electron chi connectivity index (χ1n) is 7.41. The normalized spacial score (nSPS) is 12.5. The third-order valence-corrected chi connectivity index (χ3v) is 3.49. The zero-order valence-corrected chi connectivity index (χ0v) is 13.4. The number of halogens is 3. The van der Waals surface area contributed by atoms with E-state index in [-0.39, 0.29) is 18.4 Å². The summed E-state index contributed by atoms with van der Waals surface area (Å²) in [6.45, 7) is 3.44. The fourth-order valence-electron chi connectivity index (χ4n) is 2.13. The van der Waals surface area contributed by atoms with Crippen LogP contribution in [-0.2, 0) is 11.0 Å². The van der Waals surface area contributed by atoms with Crippen LogP contribution < -0.4 is 10.1 Å². The summed E-state index contributed by atoms with van der Waals surface area (Å²) in [6.07, 6.45) is -4.44. The average Bonchev–Trinajstić information content (AvgIpc) is 2.53. The first-order chi connectivity index (χ1) is 11.3. The number of benzene rings is 2. The maximum absolute atomic E-state index is 12.6. The van der Waals surface area contributed by atoms with E-state index >= 15 is 0 Å². The van der Waals surface area contributed by atoms with Crippen molar-refractivity contribution in [2.24, 2.45) is 0 Å². The predicted molar refractivity (Wildman–Crippen MR) is 84.7 cm³/mol. The Morgan fingerprint density at radius 3 is 2.46 bits per heavy atom. The molecule has 0 heterocycles. The third kappa shape index (κ3) is 5.01. The van der Waals surface area contributed by atoms with Crippen molar-refractivity contribution in [3.63, 3.8) is 0 Å². The Balaban J connectivity index is 1.90. The third-order valence-electron chi connectivity index (χ3n) is 3.49. The molecule has 2 aromatic rings. The Morgan fingerprint density at radius 1 is 1.17 bits per heavy atom. The molecule has 0 fully saturated rings. The van der Waals surface area contributed by atoms with E-state index in [0.29, 0.717) is 0 Å². The maximum Gasteiger partial charge on any atom is 0.416 e. The van der Waals surface area contributed by atoms with Crippen LogP contribution in [0.3, 0.4) is 0 Å². The SMILES string of the molecule is Cc1ccc([C@@H](C)NC(=O)COc2cccc(C(F)(F)F)c2)cc1. The van der Waals surface area contributed by atoms with Gasteiger partial charge >= 0.3 is 6.18 Å². The van der Waals surface area contributed by atoms with Gasteiger partial charge in [-0.2, -0.15) is 13.2 Å². The van der Waals surface area contributed by atoms with Crippen molar-refractivity contribution < 1.29 is 22.7 Å². The summed E-state index contributed by atoms with van der Waals surface area (Å²) in [7, 11) is 0. The van der Waals surface area contributed by atoms with E-state index in [1.807, 2.05) is 38.1 Å². The summed E-state index contributed by atoms with van der Waals surface area (Å²) in [5, 5.41) is 2.74. The molecule has 3 nitrogen and oxygen atoms in total. The van der Waals surface area contributed by atoms with E-state index in [1.54, 1.807) is 0 Å². The number of nitrogens with one attached hydrogen (secondary N) is 1. The summed E-state index contributed by atoms with van der Waals surface area (Å²) in [5.41, 5.74) is 1.24. The fourth-order valence-corrected chi connectivity index (χ4v) is 2.13. The Labute approximate surface area is 138 Å². The van der Waals surface area contributed by atoms with E-state index in [0.717, 1.165) is 23.3 Å². The monoisotopic (exact) mass is 337 g/mol. The lowest BCUT2D eigenvalue weighted by atomic mass is 10.1.